The maximum Gasteiger partial charge on any atom is 0.344 e. The van der Waals surface area contributed by atoms with Gasteiger partial charge in [0.15, 0.2) is 19.0 Å². The minimum atomic E-state index is -0.617. The Morgan fingerprint density at radius 1 is 0.964 bits per heavy atom. The first-order valence-electron chi connectivity index (χ1n) is 9.06. The summed E-state index contributed by atoms with van der Waals surface area (Å²) in [6.45, 7) is 6.83. The molecule has 0 aliphatic carbocycles. The molecule has 0 bridgehead atoms. The molecule has 0 aliphatic rings. The molecule has 0 fully saturated rings. The van der Waals surface area contributed by atoms with E-state index >= 15 is 0 Å². The van der Waals surface area contributed by atoms with Gasteiger partial charge in [-0.25, -0.2) is 4.79 Å². The number of ether oxygens (including phenoxy) is 2. The summed E-state index contributed by atoms with van der Waals surface area (Å²) < 4.78 is 10.4. The summed E-state index contributed by atoms with van der Waals surface area (Å²) in [6.07, 6.45) is 0. The Morgan fingerprint density at radius 3 is 2.25 bits per heavy atom. The van der Waals surface area contributed by atoms with Gasteiger partial charge in [-0.1, -0.05) is 31.5 Å². The molecule has 0 heterocycles. The van der Waals surface area contributed by atoms with Crippen molar-refractivity contribution in [2.45, 2.75) is 27.7 Å². The molecule has 2 rings (SSSR count). The maximum atomic E-state index is 12.2. The zero-order valence-corrected chi connectivity index (χ0v) is 16.6. The highest BCUT2D eigenvalue weighted by molar-refractivity contribution is 5.99. The van der Waals surface area contributed by atoms with Crippen LogP contribution in [0.5, 0.6) is 5.75 Å². The Labute approximate surface area is 164 Å². The van der Waals surface area contributed by atoms with Crippen LogP contribution >= 0.6 is 0 Å². The Bertz CT molecular complexity index is 856. The van der Waals surface area contributed by atoms with E-state index in [1.807, 2.05) is 26.0 Å². The van der Waals surface area contributed by atoms with Crippen molar-refractivity contribution in [2.75, 3.05) is 18.5 Å². The summed E-state index contributed by atoms with van der Waals surface area (Å²) in [5.41, 5.74) is 3.03. The number of amides is 1. The van der Waals surface area contributed by atoms with Crippen LogP contribution in [0.4, 0.5) is 5.69 Å². The summed E-state index contributed by atoms with van der Waals surface area (Å²) in [7, 11) is 0. The number of anilines is 1. The topological polar surface area (TPSA) is 81.7 Å². The molecule has 0 saturated heterocycles. The summed E-state index contributed by atoms with van der Waals surface area (Å²) in [6, 6.07) is 12.1. The van der Waals surface area contributed by atoms with E-state index in [0.29, 0.717) is 17.0 Å². The number of hydrogen-bond acceptors (Lipinski definition) is 5. The van der Waals surface area contributed by atoms with Crippen molar-refractivity contribution in [1.29, 1.82) is 0 Å². The van der Waals surface area contributed by atoms with Crippen molar-refractivity contribution >= 4 is 23.3 Å². The second kappa shape index (κ2) is 9.69. The highest BCUT2D eigenvalue weighted by Crippen LogP contribution is 2.18. The van der Waals surface area contributed by atoms with E-state index in [0.717, 1.165) is 11.1 Å². The fraction of sp³-hybridized carbons (Fsp3) is 0.318. The summed E-state index contributed by atoms with van der Waals surface area (Å²) in [4.78, 5) is 35.6. The lowest BCUT2D eigenvalue weighted by molar-refractivity contribution is -0.144. The van der Waals surface area contributed by atoms with Gasteiger partial charge in [0.25, 0.3) is 0 Å². The third-order valence-electron chi connectivity index (χ3n) is 4.04. The van der Waals surface area contributed by atoms with Crippen molar-refractivity contribution in [2.24, 2.45) is 5.92 Å². The Morgan fingerprint density at radius 2 is 1.64 bits per heavy atom. The predicted molar refractivity (Wildman–Crippen MR) is 107 cm³/mol. The number of esters is 1. The molecule has 6 heteroatoms. The molecule has 0 atom stereocenters. The van der Waals surface area contributed by atoms with Crippen LogP contribution in [0.15, 0.2) is 42.5 Å². The zero-order chi connectivity index (χ0) is 20.7. The lowest BCUT2D eigenvalue weighted by Crippen LogP contribution is -2.20. The molecular formula is C22H25NO5. The smallest absolute Gasteiger partial charge is 0.344 e. The molecule has 1 N–H and O–H groups in total. The van der Waals surface area contributed by atoms with Gasteiger partial charge in [0.2, 0.25) is 5.91 Å². The van der Waals surface area contributed by atoms with Crippen LogP contribution in [0.1, 0.15) is 35.3 Å². The molecule has 0 spiro atoms. The van der Waals surface area contributed by atoms with E-state index in [1.165, 1.54) is 0 Å². The van der Waals surface area contributed by atoms with Crippen LogP contribution in [0, 0.1) is 19.8 Å². The average Bonchev–Trinajstić information content (AvgIpc) is 2.65. The molecule has 2 aromatic rings. The van der Waals surface area contributed by atoms with Crippen molar-refractivity contribution < 1.29 is 23.9 Å². The van der Waals surface area contributed by atoms with E-state index in [2.05, 4.69) is 5.32 Å². The number of benzene rings is 2. The molecule has 0 aromatic heterocycles. The number of ketones is 1. The molecule has 1 amide bonds. The van der Waals surface area contributed by atoms with Crippen LogP contribution < -0.4 is 10.1 Å². The van der Waals surface area contributed by atoms with Crippen molar-refractivity contribution in [3.8, 4) is 5.75 Å². The lowest BCUT2D eigenvalue weighted by Gasteiger charge is -2.10. The standard InChI is InChI=1S/C22H25NO5/c1-14(2)22(26)23-18-8-6-17(7-9-18)19(24)12-28-21(25)13-27-20-10-5-15(3)11-16(20)4/h5-11,14H,12-13H2,1-4H3,(H,23,26). The third-order valence-corrected chi connectivity index (χ3v) is 4.04. The SMILES string of the molecule is Cc1ccc(OCC(=O)OCC(=O)c2ccc(NC(=O)C(C)C)cc2)c(C)c1. The van der Waals surface area contributed by atoms with Gasteiger partial charge < -0.3 is 14.8 Å². The number of hydrogen-bond donors (Lipinski definition) is 1. The molecule has 0 saturated carbocycles. The summed E-state index contributed by atoms with van der Waals surface area (Å²) in [5, 5.41) is 2.75. The maximum absolute atomic E-state index is 12.2. The molecular weight excluding hydrogens is 358 g/mol. The Balaban J connectivity index is 1.81. The Kier molecular flexibility index (Phi) is 7.32. The molecule has 2 aromatic carbocycles. The average molecular weight is 383 g/mol. The molecule has 0 radical (unpaired) electrons. The van der Waals surface area contributed by atoms with E-state index < -0.39 is 5.97 Å². The fourth-order valence-electron chi connectivity index (χ4n) is 2.40. The van der Waals surface area contributed by atoms with Gasteiger partial charge in [-0.05, 0) is 49.7 Å². The lowest BCUT2D eigenvalue weighted by atomic mass is 10.1. The van der Waals surface area contributed by atoms with Gasteiger partial charge in [0.05, 0.1) is 0 Å². The fourth-order valence-corrected chi connectivity index (χ4v) is 2.40. The monoisotopic (exact) mass is 383 g/mol. The zero-order valence-electron chi connectivity index (χ0n) is 16.6. The first-order valence-corrected chi connectivity index (χ1v) is 9.06. The first-order chi connectivity index (χ1) is 13.3. The van der Waals surface area contributed by atoms with E-state index in [1.54, 1.807) is 44.2 Å². The van der Waals surface area contributed by atoms with Crippen LogP contribution in [-0.2, 0) is 14.3 Å². The van der Waals surface area contributed by atoms with Crippen molar-refractivity contribution in [3.63, 3.8) is 0 Å². The largest absolute Gasteiger partial charge is 0.482 e. The number of nitrogens with one attached hydrogen (secondary N) is 1. The highest BCUT2D eigenvalue weighted by atomic mass is 16.6. The van der Waals surface area contributed by atoms with Gasteiger partial charge in [0.1, 0.15) is 5.75 Å². The number of carbonyl (C=O) groups excluding carboxylic acids is 3. The Hall–Kier alpha value is -3.15. The molecule has 0 unspecified atom stereocenters. The minimum absolute atomic E-state index is 0.100. The predicted octanol–water partition coefficient (Wildman–Crippen LogP) is 3.70. The van der Waals surface area contributed by atoms with Crippen molar-refractivity contribution in [3.05, 3.63) is 59.2 Å². The summed E-state index contributed by atoms with van der Waals surface area (Å²) >= 11 is 0. The molecule has 0 aliphatic heterocycles. The van der Waals surface area contributed by atoms with Crippen LogP contribution in [0.25, 0.3) is 0 Å². The third kappa shape index (κ3) is 6.23. The van der Waals surface area contributed by atoms with E-state index in [-0.39, 0.29) is 30.8 Å². The number of rotatable bonds is 8. The van der Waals surface area contributed by atoms with Gasteiger partial charge in [-0.3, -0.25) is 9.59 Å². The van der Waals surface area contributed by atoms with Gasteiger partial charge in [-0.2, -0.15) is 0 Å². The minimum Gasteiger partial charge on any atom is -0.482 e. The summed E-state index contributed by atoms with van der Waals surface area (Å²) in [5.74, 6) is -0.577. The second-order valence-corrected chi connectivity index (χ2v) is 6.86. The van der Waals surface area contributed by atoms with E-state index in [4.69, 9.17) is 9.47 Å². The second-order valence-electron chi connectivity index (χ2n) is 6.86. The van der Waals surface area contributed by atoms with Crippen LogP contribution in [0.2, 0.25) is 0 Å². The van der Waals surface area contributed by atoms with Crippen molar-refractivity contribution in [1.82, 2.24) is 0 Å². The molecule has 6 nitrogen and oxygen atoms in total. The van der Waals surface area contributed by atoms with Gasteiger partial charge >= 0.3 is 5.97 Å². The molecule has 28 heavy (non-hydrogen) atoms. The number of aryl methyl sites for hydroxylation is 2. The quantitative estimate of drug-likeness (QED) is 0.555. The van der Waals surface area contributed by atoms with Crippen LogP contribution in [0.3, 0.4) is 0 Å². The normalized spacial score (nSPS) is 10.5. The van der Waals surface area contributed by atoms with Gasteiger partial charge in [0, 0.05) is 17.2 Å². The van der Waals surface area contributed by atoms with E-state index in [9.17, 15) is 14.4 Å². The number of carbonyl (C=O) groups is 3. The number of Topliss-reactive ketones (excluding diaryl/α,β-unsaturated/α-hetero) is 1. The van der Waals surface area contributed by atoms with Crippen LogP contribution in [-0.4, -0.2) is 30.9 Å². The highest BCUT2D eigenvalue weighted by Gasteiger charge is 2.12. The van der Waals surface area contributed by atoms with Gasteiger partial charge in [-0.15, -0.1) is 0 Å². The molecule has 148 valence electrons. The first kappa shape index (κ1) is 21.2.